The number of amides is 1. The Morgan fingerprint density at radius 1 is 1.24 bits per heavy atom. The van der Waals surface area contributed by atoms with Gasteiger partial charge in [0.05, 0.1) is 47.1 Å². The minimum Gasteiger partial charge on any atom is -0.497 e. The molecule has 0 unspecified atom stereocenters. The van der Waals surface area contributed by atoms with Gasteiger partial charge in [0.15, 0.2) is 0 Å². The molecule has 2 aliphatic heterocycles. The third-order valence-corrected chi connectivity index (χ3v) is 6.73. The van der Waals surface area contributed by atoms with Gasteiger partial charge in [0.25, 0.3) is 0 Å². The van der Waals surface area contributed by atoms with Crippen LogP contribution >= 0.6 is 11.8 Å². The number of methoxy groups -OCH3 is 1. The normalized spacial score (nSPS) is 20.2. The molecule has 10 heteroatoms. The van der Waals surface area contributed by atoms with Gasteiger partial charge in [0.1, 0.15) is 24.5 Å². The Hall–Kier alpha value is -2.95. The van der Waals surface area contributed by atoms with E-state index in [-0.39, 0.29) is 18.1 Å². The van der Waals surface area contributed by atoms with Crippen molar-refractivity contribution in [2.24, 2.45) is 0 Å². The van der Waals surface area contributed by atoms with Crippen LogP contribution in [0, 0.1) is 0 Å². The van der Waals surface area contributed by atoms with E-state index in [4.69, 9.17) is 14.2 Å². The molecular formula is C23H25N5O4S. The van der Waals surface area contributed by atoms with E-state index in [0.717, 1.165) is 40.1 Å². The van der Waals surface area contributed by atoms with Crippen LogP contribution < -0.4 is 20.1 Å². The highest BCUT2D eigenvalue weighted by atomic mass is 32.2. The van der Waals surface area contributed by atoms with E-state index in [2.05, 4.69) is 25.6 Å². The number of ether oxygens (including phenoxy) is 3. The van der Waals surface area contributed by atoms with Crippen molar-refractivity contribution in [1.29, 1.82) is 0 Å². The van der Waals surface area contributed by atoms with Crippen molar-refractivity contribution in [1.82, 2.24) is 20.3 Å². The summed E-state index contributed by atoms with van der Waals surface area (Å²) >= 11 is 1.52. The summed E-state index contributed by atoms with van der Waals surface area (Å²) in [5.74, 6) is 2.36. The molecule has 33 heavy (non-hydrogen) atoms. The van der Waals surface area contributed by atoms with Gasteiger partial charge < -0.3 is 24.8 Å². The maximum absolute atomic E-state index is 11.6. The predicted octanol–water partition coefficient (Wildman–Crippen LogP) is 2.79. The molecular weight excluding hydrogens is 442 g/mol. The van der Waals surface area contributed by atoms with Gasteiger partial charge in [0.2, 0.25) is 11.8 Å². The highest BCUT2D eigenvalue weighted by Gasteiger charge is 2.23. The Balaban J connectivity index is 1.11. The fourth-order valence-corrected chi connectivity index (χ4v) is 4.63. The van der Waals surface area contributed by atoms with Crippen LogP contribution in [-0.2, 0) is 16.1 Å². The average Bonchev–Trinajstić information content (AvgIpc) is 2.86. The molecule has 2 N–H and O–H groups in total. The maximum atomic E-state index is 11.6. The molecule has 2 aliphatic rings. The zero-order valence-electron chi connectivity index (χ0n) is 18.2. The molecule has 0 aliphatic carbocycles. The number of hydrogen-bond donors (Lipinski definition) is 2. The number of hydrogen-bond acceptors (Lipinski definition) is 9. The molecule has 1 fully saturated rings. The lowest BCUT2D eigenvalue weighted by molar-refractivity contribution is -0.113. The van der Waals surface area contributed by atoms with Gasteiger partial charge in [-0.05, 0) is 43.2 Å². The van der Waals surface area contributed by atoms with Gasteiger partial charge in [0, 0.05) is 12.6 Å². The lowest BCUT2D eigenvalue weighted by Gasteiger charge is -2.29. The van der Waals surface area contributed by atoms with Gasteiger partial charge in [-0.15, -0.1) is 11.8 Å². The fourth-order valence-electron chi connectivity index (χ4n) is 3.88. The first kappa shape index (κ1) is 21.9. The second-order valence-electron chi connectivity index (χ2n) is 7.97. The minimum absolute atomic E-state index is 0.00634. The third kappa shape index (κ3) is 5.18. The van der Waals surface area contributed by atoms with Crippen molar-refractivity contribution in [2.75, 3.05) is 31.4 Å². The molecule has 5 rings (SSSR count). The Morgan fingerprint density at radius 3 is 3.03 bits per heavy atom. The highest BCUT2D eigenvalue weighted by Crippen LogP contribution is 2.30. The minimum atomic E-state index is -0.00634. The van der Waals surface area contributed by atoms with E-state index in [1.807, 2.05) is 30.3 Å². The molecule has 0 radical (unpaired) electrons. The SMILES string of the molecule is COc1ccc2ncnc(OC[C@@H]3CC[C@@H](NCc4ccc5c(n4)NC(=O)CS5)CO3)c2c1. The molecule has 2 aromatic heterocycles. The summed E-state index contributed by atoms with van der Waals surface area (Å²) in [6.45, 7) is 1.65. The first-order valence-electron chi connectivity index (χ1n) is 10.9. The first-order valence-corrected chi connectivity index (χ1v) is 11.9. The predicted molar refractivity (Wildman–Crippen MR) is 125 cm³/mol. The third-order valence-electron chi connectivity index (χ3n) is 5.69. The van der Waals surface area contributed by atoms with Crippen molar-refractivity contribution in [3.05, 3.63) is 42.4 Å². The molecule has 4 heterocycles. The van der Waals surface area contributed by atoms with Crippen molar-refractivity contribution < 1.29 is 19.0 Å². The maximum Gasteiger partial charge on any atom is 0.235 e. The van der Waals surface area contributed by atoms with Crippen molar-refractivity contribution in [3.63, 3.8) is 0 Å². The first-order chi connectivity index (χ1) is 16.2. The number of aromatic nitrogens is 3. The number of benzene rings is 1. The van der Waals surface area contributed by atoms with Crippen LogP contribution in [0.1, 0.15) is 18.5 Å². The van der Waals surface area contributed by atoms with E-state index in [0.29, 0.717) is 37.2 Å². The van der Waals surface area contributed by atoms with Crippen LogP contribution in [0.15, 0.2) is 41.6 Å². The number of anilines is 1. The van der Waals surface area contributed by atoms with Crippen LogP contribution in [0.5, 0.6) is 11.6 Å². The topological polar surface area (TPSA) is 107 Å². The van der Waals surface area contributed by atoms with E-state index in [9.17, 15) is 4.79 Å². The highest BCUT2D eigenvalue weighted by molar-refractivity contribution is 8.00. The molecule has 1 amide bonds. The summed E-state index contributed by atoms with van der Waals surface area (Å²) in [7, 11) is 1.63. The smallest absolute Gasteiger partial charge is 0.235 e. The molecule has 2 atom stereocenters. The van der Waals surface area contributed by atoms with Crippen LogP contribution in [0.3, 0.4) is 0 Å². The number of thioether (sulfide) groups is 1. The largest absolute Gasteiger partial charge is 0.497 e. The average molecular weight is 468 g/mol. The summed E-state index contributed by atoms with van der Waals surface area (Å²) in [4.78, 5) is 25.7. The fraction of sp³-hybridized carbons (Fsp3) is 0.391. The Bertz CT molecular complexity index is 1150. The molecule has 172 valence electrons. The molecule has 3 aromatic rings. The van der Waals surface area contributed by atoms with E-state index in [1.165, 1.54) is 18.1 Å². The van der Waals surface area contributed by atoms with Gasteiger partial charge in [-0.25, -0.2) is 15.0 Å². The zero-order chi connectivity index (χ0) is 22.6. The molecule has 9 nitrogen and oxygen atoms in total. The number of rotatable bonds is 7. The molecule has 1 aromatic carbocycles. The van der Waals surface area contributed by atoms with Crippen LogP contribution in [0.25, 0.3) is 10.9 Å². The van der Waals surface area contributed by atoms with Crippen molar-refractivity contribution in [2.45, 2.75) is 36.4 Å². The van der Waals surface area contributed by atoms with E-state index >= 15 is 0 Å². The van der Waals surface area contributed by atoms with E-state index < -0.39 is 0 Å². The Kier molecular flexibility index (Phi) is 6.56. The van der Waals surface area contributed by atoms with Crippen molar-refractivity contribution >= 4 is 34.4 Å². The van der Waals surface area contributed by atoms with E-state index in [1.54, 1.807) is 7.11 Å². The number of nitrogens with one attached hydrogen (secondary N) is 2. The standard InChI is InChI=1S/C23H25N5O4S/c1-30-16-5-6-19-18(8-16)23(26-13-25-19)32-11-17-4-2-15(10-31-17)24-9-14-3-7-20-22(27-14)28-21(29)12-33-20/h3,5-8,13,15,17,24H,2,4,9-12H2,1H3,(H,27,28,29)/t15-,17+/m1/s1. The second-order valence-corrected chi connectivity index (χ2v) is 8.99. The van der Waals surface area contributed by atoms with Crippen LogP contribution in [0.4, 0.5) is 5.82 Å². The number of pyridine rings is 1. The Morgan fingerprint density at radius 2 is 2.18 bits per heavy atom. The number of carbonyl (C=O) groups excluding carboxylic acids is 1. The summed E-state index contributed by atoms with van der Waals surface area (Å²) in [5.41, 5.74) is 1.71. The van der Waals surface area contributed by atoms with Crippen LogP contribution in [0.2, 0.25) is 0 Å². The summed E-state index contributed by atoms with van der Waals surface area (Å²) in [6, 6.07) is 9.89. The lowest BCUT2D eigenvalue weighted by Crippen LogP contribution is -2.41. The van der Waals surface area contributed by atoms with Gasteiger partial charge in [-0.1, -0.05) is 0 Å². The molecule has 1 saturated heterocycles. The van der Waals surface area contributed by atoms with Gasteiger partial charge >= 0.3 is 0 Å². The summed E-state index contributed by atoms with van der Waals surface area (Å²) < 4.78 is 17.3. The Labute approximate surface area is 195 Å². The van der Waals surface area contributed by atoms with Crippen molar-refractivity contribution in [3.8, 4) is 11.6 Å². The number of fused-ring (bicyclic) bond motifs is 2. The molecule has 0 saturated carbocycles. The number of carbonyl (C=O) groups is 1. The number of nitrogens with zero attached hydrogens (tertiary/aromatic N) is 3. The summed E-state index contributed by atoms with van der Waals surface area (Å²) in [5, 5.41) is 7.16. The lowest BCUT2D eigenvalue weighted by atomic mass is 10.1. The zero-order valence-corrected chi connectivity index (χ0v) is 19.1. The molecule has 0 spiro atoms. The second kappa shape index (κ2) is 9.90. The molecule has 0 bridgehead atoms. The quantitative estimate of drug-likeness (QED) is 0.542. The van der Waals surface area contributed by atoms with Gasteiger partial charge in [-0.3, -0.25) is 4.79 Å². The van der Waals surface area contributed by atoms with Gasteiger partial charge in [-0.2, -0.15) is 0 Å². The summed E-state index contributed by atoms with van der Waals surface area (Å²) in [6.07, 6.45) is 3.37. The monoisotopic (exact) mass is 467 g/mol. The van der Waals surface area contributed by atoms with Crippen LogP contribution in [-0.4, -0.2) is 59.1 Å².